The molecule has 1 fully saturated rings. The maximum Gasteiger partial charge on any atom is 0.332 e. The quantitative estimate of drug-likeness (QED) is 0.156. The molecule has 4 aliphatic rings. The van der Waals surface area contributed by atoms with E-state index in [4.69, 9.17) is 0 Å². The maximum absolute atomic E-state index is 13.3. The van der Waals surface area contributed by atoms with Gasteiger partial charge in [0.15, 0.2) is 12.3 Å². The van der Waals surface area contributed by atoms with Crippen molar-refractivity contribution in [3.05, 3.63) is 117 Å². The van der Waals surface area contributed by atoms with Crippen molar-refractivity contribution < 1.29 is 43.5 Å². The van der Waals surface area contributed by atoms with Crippen LogP contribution < -0.4 is 10.6 Å². The Morgan fingerprint density at radius 2 is 1.60 bits per heavy atom. The molecule has 2 aromatic carbocycles. The molecule has 2 atom stereocenters. The Morgan fingerprint density at radius 1 is 0.891 bits per heavy atom. The van der Waals surface area contributed by atoms with Gasteiger partial charge < -0.3 is 23.1 Å². The summed E-state index contributed by atoms with van der Waals surface area (Å²) in [5.74, 6) is -1.27. The lowest BCUT2D eigenvalue weighted by Gasteiger charge is -2.27. The van der Waals surface area contributed by atoms with Crippen LogP contribution in [0.25, 0.3) is 5.70 Å². The zero-order valence-corrected chi connectivity index (χ0v) is 33.1. The van der Waals surface area contributed by atoms with Gasteiger partial charge in [0, 0.05) is 60.0 Å². The monoisotopic (exact) mass is 808 g/mol. The second-order valence-electron chi connectivity index (χ2n) is 15.0. The average Bonchev–Trinajstić information content (AvgIpc) is 3.83. The molecule has 55 heavy (non-hydrogen) atoms. The fourth-order valence-corrected chi connectivity index (χ4v) is 10.1. The van der Waals surface area contributed by atoms with Crippen LogP contribution in [-0.2, 0) is 48.2 Å². The number of nitrogens with zero attached hydrogens (tertiary/aromatic N) is 4. The Kier molecular flexibility index (Phi) is 9.45. The van der Waals surface area contributed by atoms with Crippen molar-refractivity contribution in [1.82, 2.24) is 9.13 Å². The van der Waals surface area contributed by atoms with Crippen molar-refractivity contribution >= 4 is 53.1 Å². The average molecular weight is 809 g/mol. The fraction of sp³-hybridized carbons (Fsp3) is 0.368. The number of hydrogen-bond donors (Lipinski definition) is 0. The van der Waals surface area contributed by atoms with E-state index < -0.39 is 57.6 Å². The summed E-state index contributed by atoms with van der Waals surface area (Å²) < 4.78 is 111. The smallest absolute Gasteiger partial charge is 0.332 e. The van der Waals surface area contributed by atoms with Crippen LogP contribution in [-0.4, -0.2) is 82.9 Å². The molecule has 0 spiro atoms. The van der Waals surface area contributed by atoms with E-state index in [9.17, 15) is 43.7 Å². The topological polar surface area (TPSA) is 205 Å². The minimum Gasteiger partial charge on any atom is -0.748 e. The van der Waals surface area contributed by atoms with Gasteiger partial charge in [-0.15, -0.1) is 0 Å². The van der Waals surface area contributed by atoms with Crippen molar-refractivity contribution in [2.24, 2.45) is 7.05 Å². The minimum atomic E-state index is -4.79. The van der Waals surface area contributed by atoms with Gasteiger partial charge in [-0.1, -0.05) is 29.8 Å². The highest BCUT2D eigenvalue weighted by Crippen LogP contribution is 2.56. The first-order chi connectivity index (χ1) is 25.6. The zero-order valence-electron chi connectivity index (χ0n) is 30.7. The standard InChI is InChI=1S/C38H42N4O10S3/c1-25-5-11-32-30(23-25)37(2)15-13-26(34(37)41(32)19-21-53(44,45)46)6-8-28(40-18-17-39(4)36(40)43)9-7-27-14-16-38(3)31-24-29(55(50,51)52)10-12-33(31)42(35(27)38)20-22-54(47,48)49/h5-12,17-18,23-24H,13-16,19-22H2,1-4H3,(H2-,44,45,46,47,48,49,50,51,52)/p-2. The summed E-state index contributed by atoms with van der Waals surface area (Å²) in [6, 6.07) is 9.96. The Labute approximate surface area is 320 Å². The molecule has 292 valence electrons. The Balaban J connectivity index is 1.34. The number of aromatic nitrogens is 2. The van der Waals surface area contributed by atoms with Gasteiger partial charge in [-0.25, -0.2) is 30.0 Å². The normalized spacial score (nSPS) is 23.4. The van der Waals surface area contributed by atoms with E-state index in [1.807, 2.05) is 43.0 Å². The first-order valence-electron chi connectivity index (χ1n) is 17.7. The predicted molar refractivity (Wildman–Crippen MR) is 203 cm³/mol. The lowest BCUT2D eigenvalue weighted by atomic mass is 9.81. The molecule has 0 radical (unpaired) electrons. The zero-order chi connectivity index (χ0) is 39.9. The number of benzene rings is 2. The van der Waals surface area contributed by atoms with E-state index in [2.05, 4.69) is 13.0 Å². The third-order valence-electron chi connectivity index (χ3n) is 11.4. The highest BCUT2D eigenvalue weighted by molar-refractivity contribution is 7.86. The fourth-order valence-electron chi connectivity index (χ4n) is 8.78. The Hall–Kier alpha value is -4.39. The number of anilines is 1. The molecule has 0 bridgehead atoms. The molecule has 0 saturated heterocycles. The molecule has 2 unspecified atom stereocenters. The molecule has 2 aliphatic carbocycles. The molecule has 7 rings (SSSR count). The van der Waals surface area contributed by atoms with Gasteiger partial charge in [0.25, 0.3) is 0 Å². The number of rotatable bonds is 11. The lowest BCUT2D eigenvalue weighted by Crippen LogP contribution is -2.30. The number of allylic oxidation sites excluding steroid dienone is 8. The summed E-state index contributed by atoms with van der Waals surface area (Å²) in [4.78, 5) is 14.8. The van der Waals surface area contributed by atoms with E-state index in [0.717, 1.165) is 40.1 Å². The second-order valence-corrected chi connectivity index (χ2v) is 19.5. The first-order valence-corrected chi connectivity index (χ1v) is 22.3. The summed E-state index contributed by atoms with van der Waals surface area (Å²) in [5, 5.41) is 0. The molecular weight excluding hydrogens is 769 g/mol. The Bertz CT molecular complexity index is 2720. The van der Waals surface area contributed by atoms with E-state index in [1.165, 1.54) is 27.3 Å². The highest BCUT2D eigenvalue weighted by Gasteiger charge is 2.54. The van der Waals surface area contributed by atoms with Gasteiger partial charge in [-0.3, -0.25) is 4.57 Å². The van der Waals surface area contributed by atoms with Gasteiger partial charge in [0.1, 0.15) is 20.2 Å². The molecule has 3 heterocycles. The van der Waals surface area contributed by atoms with Crippen LogP contribution in [0.5, 0.6) is 0 Å². The van der Waals surface area contributed by atoms with Crippen LogP contribution in [0.2, 0.25) is 0 Å². The lowest BCUT2D eigenvalue weighted by molar-refractivity contribution is -0.432. The van der Waals surface area contributed by atoms with Crippen molar-refractivity contribution in [3.8, 4) is 0 Å². The van der Waals surface area contributed by atoms with E-state index in [1.54, 1.807) is 36.2 Å². The number of hydrogen-bond acceptors (Lipinski definition) is 11. The highest BCUT2D eigenvalue weighted by atomic mass is 32.2. The third kappa shape index (κ3) is 7.02. The number of aryl methyl sites for hydroxylation is 2. The summed E-state index contributed by atoms with van der Waals surface area (Å²) in [6.45, 7) is 5.79. The second kappa shape index (κ2) is 13.4. The van der Waals surface area contributed by atoms with Gasteiger partial charge in [0.2, 0.25) is 5.69 Å². The van der Waals surface area contributed by atoms with Gasteiger partial charge in [-0.05, 0) is 87.9 Å². The minimum absolute atomic E-state index is 0.0107. The third-order valence-corrected chi connectivity index (χ3v) is 13.6. The number of fused-ring (bicyclic) bond motifs is 6. The molecule has 0 N–H and O–H groups in total. The van der Waals surface area contributed by atoms with Crippen molar-refractivity contribution in [2.45, 2.75) is 62.2 Å². The largest absolute Gasteiger partial charge is 0.748 e. The van der Waals surface area contributed by atoms with Gasteiger partial charge in [0.05, 0.1) is 37.6 Å². The molecule has 1 saturated carbocycles. The van der Waals surface area contributed by atoms with Crippen molar-refractivity contribution in [1.29, 1.82) is 0 Å². The predicted octanol–water partition coefficient (Wildman–Crippen LogP) is 3.49. The summed E-state index contributed by atoms with van der Waals surface area (Å²) in [6.07, 6.45) is 12.9. The van der Waals surface area contributed by atoms with Crippen molar-refractivity contribution in [2.75, 3.05) is 29.5 Å². The van der Waals surface area contributed by atoms with Gasteiger partial charge >= 0.3 is 5.69 Å². The van der Waals surface area contributed by atoms with Crippen LogP contribution in [0.15, 0.2) is 99.6 Å². The maximum atomic E-state index is 13.3. The van der Waals surface area contributed by atoms with E-state index in [-0.39, 0.29) is 18.8 Å². The number of imidazole rings is 1. The summed E-state index contributed by atoms with van der Waals surface area (Å²) in [5.41, 5.74) is 6.19. The first kappa shape index (κ1) is 38.9. The molecule has 3 aromatic rings. The van der Waals surface area contributed by atoms with Crippen LogP contribution in [0.1, 0.15) is 56.2 Å². The SMILES string of the molecule is Cc1ccc2c(c1)C1(C)CCC(/C=C/C(=C/C=C3\CCC4(C)C3=[N+](CCS(=O)(=O)[O-])c3ccc(S(=O)(=O)[O-])cc34)n3ccn(C)c3=O)=C1N2CCS(=O)(=O)[O-]. The van der Waals surface area contributed by atoms with Gasteiger partial charge in [-0.2, -0.15) is 4.58 Å². The molecule has 17 heteroatoms. The molecule has 14 nitrogen and oxygen atoms in total. The van der Waals surface area contributed by atoms with E-state index in [0.29, 0.717) is 41.9 Å². The Morgan fingerprint density at radius 3 is 2.25 bits per heavy atom. The summed E-state index contributed by atoms with van der Waals surface area (Å²) >= 11 is 0. The van der Waals surface area contributed by atoms with Crippen LogP contribution in [0.3, 0.4) is 0 Å². The van der Waals surface area contributed by atoms with Crippen LogP contribution in [0, 0.1) is 6.92 Å². The molecule has 1 aromatic heterocycles. The van der Waals surface area contributed by atoms with Crippen LogP contribution in [0.4, 0.5) is 11.4 Å². The molecule has 0 amide bonds. The van der Waals surface area contributed by atoms with E-state index >= 15 is 0 Å². The van der Waals surface area contributed by atoms with Crippen molar-refractivity contribution in [3.63, 3.8) is 0 Å². The summed E-state index contributed by atoms with van der Waals surface area (Å²) in [7, 11) is -12.3. The van der Waals surface area contributed by atoms with Crippen LogP contribution >= 0.6 is 0 Å². The molecule has 2 aliphatic heterocycles. The molecular formula is C38H40N4O10S3-2.